The van der Waals surface area contributed by atoms with Crippen LogP contribution in [0, 0.1) is 0 Å². The van der Waals surface area contributed by atoms with Crippen LogP contribution in [-0.4, -0.2) is 42.1 Å². The molecule has 1 saturated heterocycles. The number of hydrogen-bond donors (Lipinski definition) is 1. The lowest BCUT2D eigenvalue weighted by atomic mass is 10.1. The van der Waals surface area contributed by atoms with Crippen molar-refractivity contribution in [3.63, 3.8) is 0 Å². The summed E-state index contributed by atoms with van der Waals surface area (Å²) >= 11 is 2.03. The van der Waals surface area contributed by atoms with Gasteiger partial charge in [-0.25, -0.2) is 0 Å². The fraction of sp³-hybridized carbons (Fsp3) is 1.00. The Labute approximate surface area is 92.0 Å². The number of hydrogen-bond acceptors (Lipinski definition) is 3. The highest BCUT2D eigenvalue weighted by Crippen LogP contribution is 2.09. The molecule has 0 amide bonds. The van der Waals surface area contributed by atoms with E-state index in [1.807, 2.05) is 11.8 Å². The van der Waals surface area contributed by atoms with E-state index in [9.17, 15) is 0 Å². The van der Waals surface area contributed by atoms with Gasteiger partial charge in [0.1, 0.15) is 0 Å². The average molecular weight is 225 g/mol. The van der Waals surface area contributed by atoms with Crippen LogP contribution in [0.1, 0.15) is 19.8 Å². The van der Waals surface area contributed by atoms with Gasteiger partial charge in [-0.2, -0.15) is 11.8 Å². The highest BCUT2D eigenvalue weighted by molar-refractivity contribution is 7.99. The van der Waals surface area contributed by atoms with Crippen LogP contribution in [0.5, 0.6) is 0 Å². The van der Waals surface area contributed by atoms with Crippen LogP contribution in [0.3, 0.4) is 0 Å². The Hall–Kier alpha value is 0.560. The molecule has 0 saturated carbocycles. The topological polar surface area (TPSA) is 29.3 Å². The van der Waals surface area contributed by atoms with Crippen molar-refractivity contribution in [2.75, 3.05) is 31.1 Å². The van der Waals surface area contributed by atoms with Crippen molar-refractivity contribution in [3.05, 3.63) is 0 Å². The molecule has 0 unspecified atom stereocenters. The summed E-state index contributed by atoms with van der Waals surface area (Å²) in [5.41, 5.74) is 5.82. The Bertz CT molecular complexity index is 116. The summed E-state index contributed by atoms with van der Waals surface area (Å²) < 4.78 is 0. The van der Waals surface area contributed by atoms with Crippen molar-refractivity contribution in [3.8, 4) is 0 Å². The summed E-state index contributed by atoms with van der Waals surface area (Å²) in [7, 11) is 0. The maximum absolute atomic E-state index is 5.82. The molecule has 0 bridgehead atoms. The molecule has 0 aliphatic carbocycles. The molecule has 0 aromatic heterocycles. The average Bonchev–Trinajstić information content (AvgIpc) is 2.09. The van der Waals surface area contributed by atoms with Crippen LogP contribution < -0.4 is 5.73 Å². The lowest BCUT2D eigenvalue weighted by Crippen LogP contribution is -2.40. The Balaban J connectivity index is 0.00000144. The second-order valence-electron chi connectivity index (χ2n) is 3.38. The molecule has 1 rings (SSSR count). The molecular formula is C9H21ClN2S. The maximum atomic E-state index is 5.82. The molecular weight excluding hydrogens is 204 g/mol. The van der Waals surface area contributed by atoms with Crippen molar-refractivity contribution in [2.24, 2.45) is 5.73 Å². The second-order valence-corrected chi connectivity index (χ2v) is 4.77. The van der Waals surface area contributed by atoms with Crippen LogP contribution in [0.25, 0.3) is 0 Å². The molecule has 1 aliphatic rings. The van der Waals surface area contributed by atoms with Gasteiger partial charge in [-0.1, -0.05) is 6.92 Å². The number of rotatable bonds is 4. The summed E-state index contributed by atoms with van der Waals surface area (Å²) in [6.45, 7) is 5.90. The van der Waals surface area contributed by atoms with Crippen molar-refractivity contribution in [1.29, 1.82) is 0 Å². The number of thioether (sulfide) groups is 1. The van der Waals surface area contributed by atoms with Crippen LogP contribution in [0.2, 0.25) is 0 Å². The van der Waals surface area contributed by atoms with E-state index in [0.717, 1.165) is 0 Å². The largest absolute Gasteiger partial charge is 0.328 e. The number of nitrogens with zero attached hydrogens (tertiary/aromatic N) is 1. The van der Waals surface area contributed by atoms with Gasteiger partial charge in [0.15, 0.2) is 0 Å². The van der Waals surface area contributed by atoms with Crippen molar-refractivity contribution < 1.29 is 0 Å². The standard InChI is InChI=1S/C9H20N2S.ClH/c1-2-12-8-7-11-5-3-9(10)4-6-11;/h9H,2-8,10H2,1H3;1H. The minimum absolute atomic E-state index is 0. The molecule has 0 spiro atoms. The summed E-state index contributed by atoms with van der Waals surface area (Å²) in [6.07, 6.45) is 2.38. The number of nitrogens with two attached hydrogens (primary N) is 1. The first kappa shape index (κ1) is 13.6. The SMILES string of the molecule is CCSCCN1CCC(N)CC1.Cl. The van der Waals surface area contributed by atoms with Gasteiger partial charge in [0.2, 0.25) is 0 Å². The molecule has 1 aliphatic heterocycles. The molecule has 80 valence electrons. The first-order chi connectivity index (χ1) is 5.83. The fourth-order valence-corrected chi connectivity index (χ4v) is 2.19. The van der Waals surface area contributed by atoms with Crippen LogP contribution in [-0.2, 0) is 0 Å². The summed E-state index contributed by atoms with van der Waals surface area (Å²) in [5.74, 6) is 2.53. The molecule has 2 N–H and O–H groups in total. The molecule has 0 atom stereocenters. The molecule has 1 heterocycles. The van der Waals surface area contributed by atoms with E-state index in [0.29, 0.717) is 6.04 Å². The monoisotopic (exact) mass is 224 g/mol. The van der Waals surface area contributed by atoms with E-state index < -0.39 is 0 Å². The molecule has 0 aromatic rings. The van der Waals surface area contributed by atoms with Gasteiger partial charge in [0, 0.05) is 18.3 Å². The Morgan fingerprint density at radius 3 is 2.54 bits per heavy atom. The van der Waals surface area contributed by atoms with Gasteiger partial charge in [-0.15, -0.1) is 12.4 Å². The second kappa shape index (κ2) is 7.92. The summed E-state index contributed by atoms with van der Waals surface area (Å²) in [5, 5.41) is 0. The smallest absolute Gasteiger partial charge is 0.00724 e. The Morgan fingerprint density at radius 2 is 2.00 bits per heavy atom. The number of piperidine rings is 1. The lowest BCUT2D eigenvalue weighted by molar-refractivity contribution is 0.225. The third kappa shape index (κ3) is 5.78. The minimum atomic E-state index is 0. The fourth-order valence-electron chi connectivity index (χ4n) is 1.51. The predicted molar refractivity (Wildman–Crippen MR) is 63.9 cm³/mol. The lowest BCUT2D eigenvalue weighted by Gasteiger charge is -2.29. The van der Waals surface area contributed by atoms with E-state index in [1.54, 1.807) is 0 Å². The highest BCUT2D eigenvalue weighted by Gasteiger charge is 2.14. The van der Waals surface area contributed by atoms with Crippen LogP contribution >= 0.6 is 24.2 Å². The quantitative estimate of drug-likeness (QED) is 0.736. The number of likely N-dealkylation sites (tertiary alicyclic amines) is 1. The van der Waals surface area contributed by atoms with Gasteiger partial charge < -0.3 is 10.6 Å². The van der Waals surface area contributed by atoms with Gasteiger partial charge in [-0.05, 0) is 31.7 Å². The van der Waals surface area contributed by atoms with E-state index in [1.165, 1.54) is 44.0 Å². The summed E-state index contributed by atoms with van der Waals surface area (Å²) in [6, 6.07) is 0.472. The van der Waals surface area contributed by atoms with E-state index in [2.05, 4.69) is 11.8 Å². The number of halogens is 1. The molecule has 2 nitrogen and oxygen atoms in total. The first-order valence-electron chi connectivity index (χ1n) is 4.88. The van der Waals surface area contributed by atoms with Gasteiger partial charge in [-0.3, -0.25) is 0 Å². The van der Waals surface area contributed by atoms with E-state index in [-0.39, 0.29) is 12.4 Å². The Kier molecular flexibility index (Phi) is 8.26. The zero-order valence-electron chi connectivity index (χ0n) is 8.37. The zero-order chi connectivity index (χ0) is 8.81. The van der Waals surface area contributed by atoms with Crippen LogP contribution in [0.15, 0.2) is 0 Å². The predicted octanol–water partition coefficient (Wildman–Crippen LogP) is 1.58. The van der Waals surface area contributed by atoms with Crippen molar-refractivity contribution in [2.45, 2.75) is 25.8 Å². The third-order valence-corrected chi connectivity index (χ3v) is 3.27. The zero-order valence-corrected chi connectivity index (χ0v) is 10.0. The van der Waals surface area contributed by atoms with E-state index >= 15 is 0 Å². The van der Waals surface area contributed by atoms with Crippen LogP contribution in [0.4, 0.5) is 0 Å². The minimum Gasteiger partial charge on any atom is -0.328 e. The van der Waals surface area contributed by atoms with Crippen molar-refractivity contribution >= 4 is 24.2 Å². The van der Waals surface area contributed by atoms with Gasteiger partial charge >= 0.3 is 0 Å². The molecule has 0 aromatic carbocycles. The Morgan fingerprint density at radius 1 is 1.38 bits per heavy atom. The van der Waals surface area contributed by atoms with Crippen molar-refractivity contribution in [1.82, 2.24) is 4.90 Å². The normalized spacial score (nSPS) is 19.8. The molecule has 13 heavy (non-hydrogen) atoms. The first-order valence-corrected chi connectivity index (χ1v) is 6.04. The molecule has 0 radical (unpaired) electrons. The molecule has 4 heteroatoms. The van der Waals surface area contributed by atoms with Gasteiger partial charge in [0.25, 0.3) is 0 Å². The maximum Gasteiger partial charge on any atom is 0.00724 e. The summed E-state index contributed by atoms with van der Waals surface area (Å²) in [4.78, 5) is 2.53. The van der Waals surface area contributed by atoms with E-state index in [4.69, 9.17) is 5.73 Å². The molecule has 1 fully saturated rings. The van der Waals surface area contributed by atoms with Gasteiger partial charge in [0.05, 0.1) is 0 Å². The highest BCUT2D eigenvalue weighted by atomic mass is 35.5. The third-order valence-electron chi connectivity index (χ3n) is 2.39.